The van der Waals surface area contributed by atoms with Crippen molar-refractivity contribution in [2.75, 3.05) is 19.8 Å². The van der Waals surface area contributed by atoms with Crippen molar-refractivity contribution in [3.8, 4) is 0 Å². The zero-order chi connectivity index (χ0) is 14.6. The van der Waals surface area contributed by atoms with E-state index in [-0.39, 0.29) is 18.3 Å². The maximum atomic E-state index is 9.99. The molecule has 4 heteroatoms. The van der Waals surface area contributed by atoms with E-state index in [2.05, 4.69) is 13.8 Å². The molecule has 20 heavy (non-hydrogen) atoms. The minimum Gasteiger partial charge on any atom is -0.392 e. The number of aliphatic hydroxyl groups excluding tert-OH is 2. The van der Waals surface area contributed by atoms with Crippen LogP contribution in [-0.4, -0.2) is 42.4 Å². The molecule has 2 aliphatic rings. The lowest BCUT2D eigenvalue weighted by Gasteiger charge is -2.25. The van der Waals surface area contributed by atoms with Gasteiger partial charge >= 0.3 is 0 Å². The second kappa shape index (κ2) is 7.03. The summed E-state index contributed by atoms with van der Waals surface area (Å²) in [4.78, 5) is 0. The molecule has 4 nitrogen and oxygen atoms in total. The predicted molar refractivity (Wildman–Crippen MR) is 77.3 cm³/mol. The molecule has 1 aliphatic carbocycles. The molecule has 1 aliphatic heterocycles. The zero-order valence-corrected chi connectivity index (χ0v) is 12.7. The van der Waals surface area contributed by atoms with Crippen molar-refractivity contribution in [1.82, 2.24) is 0 Å². The van der Waals surface area contributed by atoms with Crippen molar-refractivity contribution in [3.05, 3.63) is 11.1 Å². The Labute approximate surface area is 121 Å². The van der Waals surface area contributed by atoms with E-state index in [1.165, 1.54) is 12.0 Å². The van der Waals surface area contributed by atoms with E-state index in [0.29, 0.717) is 13.0 Å². The molecule has 2 rings (SSSR count). The Morgan fingerprint density at radius 3 is 2.80 bits per heavy atom. The highest BCUT2D eigenvalue weighted by Crippen LogP contribution is 2.44. The zero-order valence-electron chi connectivity index (χ0n) is 12.7. The monoisotopic (exact) mass is 284 g/mol. The van der Waals surface area contributed by atoms with Gasteiger partial charge in [-0.1, -0.05) is 19.4 Å². The van der Waals surface area contributed by atoms with E-state index in [1.54, 1.807) is 0 Å². The molecule has 116 valence electrons. The van der Waals surface area contributed by atoms with Crippen molar-refractivity contribution in [1.29, 1.82) is 0 Å². The summed E-state index contributed by atoms with van der Waals surface area (Å²) < 4.78 is 11.3. The number of allylic oxidation sites excluding steroid dienone is 1. The first-order chi connectivity index (χ1) is 9.54. The van der Waals surface area contributed by atoms with E-state index >= 15 is 0 Å². The Morgan fingerprint density at radius 1 is 1.35 bits per heavy atom. The third-order valence-electron chi connectivity index (χ3n) is 4.49. The fourth-order valence-electron chi connectivity index (χ4n) is 3.37. The molecule has 1 saturated heterocycles. The topological polar surface area (TPSA) is 58.9 Å². The van der Waals surface area contributed by atoms with Gasteiger partial charge in [0, 0.05) is 6.61 Å². The summed E-state index contributed by atoms with van der Waals surface area (Å²) in [6, 6.07) is 0. The Bertz CT molecular complexity index is 342. The van der Waals surface area contributed by atoms with Gasteiger partial charge in [0.2, 0.25) is 0 Å². The Kier molecular flexibility index (Phi) is 5.61. The molecule has 1 unspecified atom stereocenters. The van der Waals surface area contributed by atoms with Crippen LogP contribution in [0.4, 0.5) is 0 Å². The molecule has 0 spiro atoms. The average Bonchev–Trinajstić information content (AvgIpc) is 2.64. The summed E-state index contributed by atoms with van der Waals surface area (Å²) in [5, 5.41) is 19.4. The fourth-order valence-corrected chi connectivity index (χ4v) is 3.37. The van der Waals surface area contributed by atoms with Crippen molar-refractivity contribution in [3.63, 3.8) is 0 Å². The highest BCUT2D eigenvalue weighted by atomic mass is 16.7. The number of hydrogen-bond acceptors (Lipinski definition) is 4. The summed E-state index contributed by atoms with van der Waals surface area (Å²) in [6.45, 7) is 5.73. The molecule has 0 bridgehead atoms. The third kappa shape index (κ3) is 3.82. The molecule has 1 fully saturated rings. The van der Waals surface area contributed by atoms with E-state index < -0.39 is 6.10 Å². The van der Waals surface area contributed by atoms with Crippen molar-refractivity contribution in [2.45, 2.75) is 64.8 Å². The van der Waals surface area contributed by atoms with E-state index in [4.69, 9.17) is 9.47 Å². The highest BCUT2D eigenvalue weighted by Gasteiger charge is 2.37. The maximum absolute atomic E-state index is 9.99. The smallest absolute Gasteiger partial charge is 0.157 e. The second-order valence-corrected chi connectivity index (χ2v) is 6.54. The summed E-state index contributed by atoms with van der Waals surface area (Å²) in [7, 11) is 0. The van der Waals surface area contributed by atoms with Gasteiger partial charge in [-0.05, 0) is 49.5 Å². The first kappa shape index (κ1) is 16.0. The van der Waals surface area contributed by atoms with Crippen molar-refractivity contribution in [2.24, 2.45) is 5.41 Å². The lowest BCUT2D eigenvalue weighted by molar-refractivity contribution is -0.162. The molecule has 2 atom stereocenters. The van der Waals surface area contributed by atoms with Crippen LogP contribution in [0.25, 0.3) is 0 Å². The lowest BCUT2D eigenvalue weighted by atomic mass is 9.83. The Morgan fingerprint density at radius 2 is 2.15 bits per heavy atom. The van der Waals surface area contributed by atoms with Gasteiger partial charge in [-0.3, -0.25) is 0 Å². The van der Waals surface area contributed by atoms with Crippen LogP contribution in [-0.2, 0) is 9.47 Å². The van der Waals surface area contributed by atoms with Gasteiger partial charge in [0.15, 0.2) is 6.29 Å². The number of ether oxygens (including phenoxy) is 2. The fraction of sp³-hybridized carbons (Fsp3) is 0.875. The van der Waals surface area contributed by atoms with Crippen LogP contribution in [0, 0.1) is 5.41 Å². The summed E-state index contributed by atoms with van der Waals surface area (Å²) >= 11 is 0. The summed E-state index contributed by atoms with van der Waals surface area (Å²) in [5.74, 6) is 0. The molecule has 2 N–H and O–H groups in total. The van der Waals surface area contributed by atoms with Crippen LogP contribution in [0.15, 0.2) is 11.1 Å². The molecule has 0 amide bonds. The van der Waals surface area contributed by atoms with Gasteiger partial charge in [-0.15, -0.1) is 0 Å². The molecule has 1 heterocycles. The van der Waals surface area contributed by atoms with Crippen LogP contribution < -0.4 is 0 Å². The molecule has 0 aromatic rings. The van der Waals surface area contributed by atoms with Gasteiger partial charge in [0.25, 0.3) is 0 Å². The van der Waals surface area contributed by atoms with Gasteiger partial charge < -0.3 is 19.7 Å². The first-order valence-electron chi connectivity index (χ1n) is 7.79. The highest BCUT2D eigenvalue weighted by molar-refractivity contribution is 5.31. The van der Waals surface area contributed by atoms with Crippen molar-refractivity contribution < 1.29 is 19.7 Å². The first-order valence-corrected chi connectivity index (χ1v) is 7.79. The lowest BCUT2D eigenvalue weighted by Crippen LogP contribution is -2.22. The summed E-state index contributed by atoms with van der Waals surface area (Å²) in [5.41, 5.74) is 2.02. The Balaban J connectivity index is 1.78. The van der Waals surface area contributed by atoms with Crippen LogP contribution in [0.1, 0.15) is 52.4 Å². The van der Waals surface area contributed by atoms with Gasteiger partial charge in [-0.25, -0.2) is 0 Å². The molecular formula is C16H28O4. The third-order valence-corrected chi connectivity index (χ3v) is 4.49. The van der Waals surface area contributed by atoms with Crippen LogP contribution in [0.3, 0.4) is 0 Å². The van der Waals surface area contributed by atoms with E-state index in [1.807, 2.05) is 0 Å². The molecule has 0 saturated carbocycles. The quantitative estimate of drug-likeness (QED) is 0.581. The van der Waals surface area contributed by atoms with E-state index in [0.717, 1.165) is 37.9 Å². The number of rotatable bonds is 6. The number of hydrogen-bond donors (Lipinski definition) is 2. The standard InChI is InChI=1S/C16H28O4/c1-16(2)10-14(18)12(11-17)13(16)6-5-9-20-15-7-3-4-8-19-15/h14-15,17-18H,3-11H2,1-2H3/t14-,15?/m0/s1. The summed E-state index contributed by atoms with van der Waals surface area (Å²) in [6.07, 6.45) is 5.31. The minimum absolute atomic E-state index is 0.0151. The molecular weight excluding hydrogens is 256 g/mol. The van der Waals surface area contributed by atoms with Crippen LogP contribution in [0.5, 0.6) is 0 Å². The van der Waals surface area contributed by atoms with Crippen molar-refractivity contribution >= 4 is 0 Å². The average molecular weight is 284 g/mol. The molecule has 0 aromatic heterocycles. The Hall–Kier alpha value is -0.420. The SMILES string of the molecule is CC1(C)C[C@H](O)C(CO)=C1CCCOC1CCCCO1. The van der Waals surface area contributed by atoms with E-state index in [9.17, 15) is 10.2 Å². The normalized spacial score (nSPS) is 30.0. The second-order valence-electron chi connectivity index (χ2n) is 6.54. The maximum Gasteiger partial charge on any atom is 0.157 e. The largest absolute Gasteiger partial charge is 0.392 e. The van der Waals surface area contributed by atoms with Crippen LogP contribution in [0.2, 0.25) is 0 Å². The van der Waals surface area contributed by atoms with Crippen LogP contribution >= 0.6 is 0 Å². The minimum atomic E-state index is -0.479. The molecule has 0 aromatic carbocycles. The molecule has 0 radical (unpaired) electrons. The predicted octanol–water partition coefficient (Wildman–Crippen LogP) is 2.39. The van der Waals surface area contributed by atoms with Gasteiger partial charge in [0.05, 0.1) is 19.3 Å². The number of aliphatic hydroxyl groups is 2. The van der Waals surface area contributed by atoms with Gasteiger partial charge in [0.1, 0.15) is 0 Å². The van der Waals surface area contributed by atoms with Gasteiger partial charge in [-0.2, -0.15) is 0 Å².